The molecule has 0 fully saturated rings. The van der Waals surface area contributed by atoms with Crippen LogP contribution in [0.2, 0.25) is 5.02 Å². The van der Waals surface area contributed by atoms with E-state index in [2.05, 4.69) is 10.3 Å². The fourth-order valence-electron chi connectivity index (χ4n) is 3.53. The lowest BCUT2D eigenvalue weighted by Gasteiger charge is -2.27. The van der Waals surface area contributed by atoms with Gasteiger partial charge in [-0.3, -0.25) is 19.5 Å². The highest BCUT2D eigenvalue weighted by Gasteiger charge is 2.22. The summed E-state index contributed by atoms with van der Waals surface area (Å²) in [6, 6.07) is 14.7. The van der Waals surface area contributed by atoms with Crippen LogP contribution in [0.25, 0.3) is 16.9 Å². The van der Waals surface area contributed by atoms with Crippen molar-refractivity contribution in [1.29, 1.82) is 0 Å². The van der Waals surface area contributed by atoms with Gasteiger partial charge in [0.15, 0.2) is 0 Å². The molecule has 0 bridgehead atoms. The molecule has 0 radical (unpaired) electrons. The Morgan fingerprint density at radius 1 is 1.12 bits per heavy atom. The zero-order valence-electron chi connectivity index (χ0n) is 20.2. The molecule has 0 atom stereocenters. The van der Waals surface area contributed by atoms with E-state index in [1.54, 1.807) is 28.7 Å². The fraction of sp³-hybridized carbons (Fsp3) is 0.346. The predicted molar refractivity (Wildman–Crippen MR) is 135 cm³/mol. The normalized spacial score (nSPS) is 11.1. The minimum Gasteiger partial charge on any atom is -0.497 e. The number of methoxy groups -OCH3 is 1. The Morgan fingerprint density at radius 3 is 2.44 bits per heavy atom. The number of amides is 2. The molecule has 0 aliphatic rings. The number of hydrogen-bond acceptors (Lipinski definition) is 4. The van der Waals surface area contributed by atoms with E-state index < -0.39 is 0 Å². The first-order valence-corrected chi connectivity index (χ1v) is 11.6. The van der Waals surface area contributed by atoms with E-state index >= 15 is 0 Å². The third-order valence-corrected chi connectivity index (χ3v) is 5.52. The van der Waals surface area contributed by atoms with Crippen molar-refractivity contribution >= 4 is 29.4 Å². The first kappa shape index (κ1) is 25.3. The summed E-state index contributed by atoms with van der Waals surface area (Å²) in [7, 11) is 1.60. The van der Waals surface area contributed by atoms with Gasteiger partial charge in [0.05, 0.1) is 18.5 Å². The molecule has 0 unspecified atom stereocenters. The van der Waals surface area contributed by atoms with Gasteiger partial charge in [0.25, 0.3) is 0 Å². The molecule has 0 saturated heterocycles. The first-order valence-electron chi connectivity index (χ1n) is 11.3. The summed E-state index contributed by atoms with van der Waals surface area (Å²) >= 11 is 6.04. The monoisotopic (exact) mass is 482 g/mol. The topological polar surface area (TPSA) is 76.5 Å². The lowest BCUT2D eigenvalue weighted by atomic mass is 10.1. The standard InChI is InChI=1S/C26H31ClN4O3/c1-17(2)13-25(33)30(18(3)4)16-24(32)29-26-28-23(19-9-11-20(27)12-10-19)15-31(26)21-7-6-8-22(14-21)34-5/h6-12,14-15,17-18H,13,16H2,1-5H3,(H,28,29,32). The van der Waals surface area contributed by atoms with Crippen molar-refractivity contribution in [2.24, 2.45) is 5.92 Å². The molecular formula is C26H31ClN4O3. The lowest BCUT2D eigenvalue weighted by Crippen LogP contribution is -2.43. The van der Waals surface area contributed by atoms with Crippen molar-refractivity contribution < 1.29 is 14.3 Å². The summed E-state index contributed by atoms with van der Waals surface area (Å²) in [5, 5.41) is 3.52. The van der Waals surface area contributed by atoms with E-state index in [1.807, 2.05) is 70.3 Å². The van der Waals surface area contributed by atoms with Crippen molar-refractivity contribution in [3.05, 3.63) is 59.8 Å². The Labute approximate surface area is 205 Å². The van der Waals surface area contributed by atoms with Gasteiger partial charge in [-0.05, 0) is 44.0 Å². The zero-order valence-corrected chi connectivity index (χ0v) is 21.0. The molecule has 0 spiro atoms. The molecule has 8 heteroatoms. The van der Waals surface area contributed by atoms with Gasteiger partial charge in [0.1, 0.15) is 12.3 Å². The molecule has 3 rings (SSSR count). The maximum absolute atomic E-state index is 13.0. The van der Waals surface area contributed by atoms with Gasteiger partial charge in [0.2, 0.25) is 17.8 Å². The summed E-state index contributed by atoms with van der Waals surface area (Å²) in [6.45, 7) is 7.73. The summed E-state index contributed by atoms with van der Waals surface area (Å²) in [5.41, 5.74) is 2.31. The van der Waals surface area contributed by atoms with E-state index in [-0.39, 0.29) is 30.3 Å². The molecular weight excluding hydrogens is 452 g/mol. The largest absolute Gasteiger partial charge is 0.497 e. The van der Waals surface area contributed by atoms with E-state index in [1.165, 1.54) is 0 Å². The minimum atomic E-state index is -0.316. The number of ether oxygens (including phenoxy) is 1. The summed E-state index contributed by atoms with van der Waals surface area (Å²) in [4.78, 5) is 31.9. The molecule has 1 N–H and O–H groups in total. The fourth-order valence-corrected chi connectivity index (χ4v) is 3.66. The molecule has 7 nitrogen and oxygen atoms in total. The smallest absolute Gasteiger partial charge is 0.246 e. The van der Waals surface area contributed by atoms with Crippen LogP contribution in [0.3, 0.4) is 0 Å². The summed E-state index contributed by atoms with van der Waals surface area (Å²) in [6.07, 6.45) is 2.24. The quantitative estimate of drug-likeness (QED) is 0.441. The number of benzene rings is 2. The maximum Gasteiger partial charge on any atom is 0.246 e. The van der Waals surface area contributed by atoms with Gasteiger partial charge >= 0.3 is 0 Å². The van der Waals surface area contributed by atoms with Crippen molar-refractivity contribution in [2.45, 2.75) is 40.2 Å². The van der Waals surface area contributed by atoms with Crippen LogP contribution in [-0.4, -0.2) is 46.0 Å². The van der Waals surface area contributed by atoms with Crippen LogP contribution < -0.4 is 10.1 Å². The number of halogens is 1. The molecule has 0 saturated carbocycles. The number of carbonyl (C=O) groups is 2. The van der Waals surface area contributed by atoms with E-state index in [0.29, 0.717) is 28.8 Å². The molecule has 2 aromatic carbocycles. The van der Waals surface area contributed by atoms with Gasteiger partial charge in [-0.25, -0.2) is 4.98 Å². The number of rotatable bonds is 9. The zero-order chi connectivity index (χ0) is 24.8. The highest BCUT2D eigenvalue weighted by Crippen LogP contribution is 2.27. The second kappa shape index (κ2) is 11.2. The number of nitrogens with zero attached hydrogens (tertiary/aromatic N) is 3. The van der Waals surface area contributed by atoms with E-state index in [0.717, 1.165) is 11.3 Å². The Hall–Kier alpha value is -3.32. The second-order valence-electron chi connectivity index (χ2n) is 8.79. The average molecular weight is 483 g/mol. The van der Waals surface area contributed by atoms with E-state index in [4.69, 9.17) is 16.3 Å². The number of hydrogen-bond donors (Lipinski definition) is 1. The minimum absolute atomic E-state index is 0.0434. The predicted octanol–water partition coefficient (Wildman–Crippen LogP) is 5.42. The number of carbonyl (C=O) groups excluding carboxylic acids is 2. The molecule has 0 aliphatic carbocycles. The van der Waals surface area contributed by atoms with Crippen LogP contribution in [0.1, 0.15) is 34.1 Å². The number of imidazole rings is 1. The van der Waals surface area contributed by atoms with E-state index in [9.17, 15) is 9.59 Å². The highest BCUT2D eigenvalue weighted by molar-refractivity contribution is 6.30. The average Bonchev–Trinajstić information content (AvgIpc) is 3.20. The van der Waals surface area contributed by atoms with Gasteiger partial charge in [-0.1, -0.05) is 43.6 Å². The van der Waals surface area contributed by atoms with Crippen molar-refractivity contribution in [1.82, 2.24) is 14.5 Å². The number of aromatic nitrogens is 2. The van der Waals surface area contributed by atoms with Crippen molar-refractivity contribution in [2.75, 3.05) is 19.0 Å². The van der Waals surface area contributed by atoms with Gasteiger partial charge in [-0.2, -0.15) is 0 Å². The Balaban J connectivity index is 1.92. The molecule has 1 aromatic heterocycles. The van der Waals surface area contributed by atoms with Gasteiger partial charge in [0, 0.05) is 35.3 Å². The number of anilines is 1. The molecule has 0 aliphatic heterocycles. The third kappa shape index (κ3) is 6.38. The third-order valence-electron chi connectivity index (χ3n) is 5.27. The van der Waals surface area contributed by atoms with Crippen LogP contribution in [0, 0.1) is 5.92 Å². The second-order valence-corrected chi connectivity index (χ2v) is 9.23. The lowest BCUT2D eigenvalue weighted by molar-refractivity contribution is -0.137. The molecule has 2 amide bonds. The summed E-state index contributed by atoms with van der Waals surface area (Å²) < 4.78 is 7.15. The van der Waals surface area contributed by atoms with Crippen molar-refractivity contribution in [3.63, 3.8) is 0 Å². The van der Waals surface area contributed by atoms with Crippen LogP contribution in [0.15, 0.2) is 54.7 Å². The van der Waals surface area contributed by atoms with Crippen LogP contribution in [0.5, 0.6) is 5.75 Å². The number of nitrogens with one attached hydrogen (secondary N) is 1. The van der Waals surface area contributed by atoms with Crippen molar-refractivity contribution in [3.8, 4) is 22.7 Å². The van der Waals surface area contributed by atoms with Crippen LogP contribution >= 0.6 is 11.6 Å². The first-order chi connectivity index (χ1) is 16.2. The molecule has 1 heterocycles. The highest BCUT2D eigenvalue weighted by atomic mass is 35.5. The SMILES string of the molecule is COc1cccc(-n2cc(-c3ccc(Cl)cc3)nc2NC(=O)CN(C(=O)CC(C)C)C(C)C)c1. The molecule has 34 heavy (non-hydrogen) atoms. The Bertz CT molecular complexity index is 1140. The maximum atomic E-state index is 13.0. The molecule has 180 valence electrons. The van der Waals surface area contributed by atoms with Crippen LogP contribution in [-0.2, 0) is 9.59 Å². The summed E-state index contributed by atoms with van der Waals surface area (Å²) in [5.74, 6) is 0.886. The Kier molecular flexibility index (Phi) is 8.34. The van der Waals surface area contributed by atoms with Gasteiger partial charge in [-0.15, -0.1) is 0 Å². The Morgan fingerprint density at radius 2 is 1.82 bits per heavy atom. The van der Waals surface area contributed by atoms with Gasteiger partial charge < -0.3 is 9.64 Å². The molecule has 3 aromatic rings. The van der Waals surface area contributed by atoms with Crippen LogP contribution in [0.4, 0.5) is 5.95 Å².